The van der Waals surface area contributed by atoms with Crippen LogP contribution in [0.25, 0.3) is 0 Å². The van der Waals surface area contributed by atoms with Crippen molar-refractivity contribution in [2.45, 2.75) is 0 Å². The average Bonchev–Trinajstić information content (AvgIpc) is 2.13. The van der Waals surface area contributed by atoms with E-state index in [-0.39, 0.29) is 15.7 Å². The van der Waals surface area contributed by atoms with Crippen molar-refractivity contribution in [3.05, 3.63) is 28.0 Å². The summed E-state index contributed by atoms with van der Waals surface area (Å²) in [6.45, 7) is 0. The van der Waals surface area contributed by atoms with Crippen LogP contribution in [0, 0.1) is 0 Å². The van der Waals surface area contributed by atoms with Gasteiger partial charge in [-0.3, -0.25) is 9.63 Å². The van der Waals surface area contributed by atoms with Crippen LogP contribution in [0.2, 0.25) is 10.2 Å². The van der Waals surface area contributed by atoms with Gasteiger partial charge >= 0.3 is 0 Å². The Balaban J connectivity index is 2.74. The van der Waals surface area contributed by atoms with E-state index in [1.165, 1.54) is 6.07 Å². The van der Waals surface area contributed by atoms with E-state index >= 15 is 0 Å². The first-order chi connectivity index (χ1) is 7.29. The number of hydroxylamine groups is 1. The molecule has 1 aromatic heterocycles. The van der Waals surface area contributed by atoms with E-state index in [0.717, 1.165) is 6.20 Å². The number of rotatable bonds is 2. The van der Waals surface area contributed by atoms with Crippen LogP contribution in [0.1, 0.15) is 14.5 Å². The monoisotopic (exact) mass is 223 g/mol. The third kappa shape index (κ3) is 2.55. The van der Waals surface area contributed by atoms with Gasteiger partial charge in [0.15, 0.2) is 0 Å². The van der Waals surface area contributed by atoms with Crippen LogP contribution in [-0.4, -0.2) is 17.9 Å². The molecule has 1 rings (SSSR count). The maximum Gasteiger partial charge on any atom is 0.277 e. The molecule has 0 saturated carbocycles. The molecule has 0 radical (unpaired) electrons. The van der Waals surface area contributed by atoms with E-state index in [1.54, 1.807) is 5.48 Å². The van der Waals surface area contributed by atoms with E-state index in [4.69, 9.17) is 27.3 Å². The molecule has 0 aliphatic heterocycles. The smallest absolute Gasteiger partial charge is 0.277 e. The summed E-state index contributed by atoms with van der Waals surface area (Å²) in [5.41, 5.74) is 1.70. The van der Waals surface area contributed by atoms with Crippen LogP contribution in [-0.2, 0) is 4.84 Å². The highest BCUT2D eigenvalue weighted by molar-refractivity contribution is 6.36. The quantitative estimate of drug-likeness (QED) is 0.614. The van der Waals surface area contributed by atoms with Gasteiger partial charge in [-0.15, -0.1) is 0 Å². The summed E-state index contributed by atoms with van der Waals surface area (Å²) in [7, 11) is -2.72. The molecule has 0 bridgehead atoms. The predicted octanol–water partition coefficient (Wildman–Crippen LogP) is 1.68. The maximum absolute atomic E-state index is 11.4. The SMILES string of the molecule is [2H]C([2H])([2H])ONC(=O)c1cnc(Cl)cc1Cl. The fraction of sp³-hybridized carbons (Fsp3) is 0.143. The predicted molar refractivity (Wildman–Crippen MR) is 48.7 cm³/mol. The Kier molecular flexibility index (Phi) is 2.24. The molecule has 1 aromatic rings. The normalized spacial score (nSPS) is 14.2. The highest BCUT2D eigenvalue weighted by Crippen LogP contribution is 2.18. The minimum absolute atomic E-state index is 0.0321. The number of aromatic nitrogens is 1. The van der Waals surface area contributed by atoms with Crippen molar-refractivity contribution in [1.82, 2.24) is 10.5 Å². The lowest BCUT2D eigenvalue weighted by Gasteiger charge is -2.03. The number of hydrogen-bond donors (Lipinski definition) is 1. The minimum atomic E-state index is -2.72. The molecule has 0 spiro atoms. The fourth-order valence-electron chi connectivity index (χ4n) is 0.676. The molecule has 0 aromatic carbocycles. The van der Waals surface area contributed by atoms with Gasteiger partial charge in [0, 0.05) is 6.20 Å². The molecule has 0 fully saturated rings. The molecule has 0 atom stereocenters. The number of halogens is 2. The Morgan fingerprint density at radius 2 is 2.54 bits per heavy atom. The lowest BCUT2D eigenvalue weighted by Crippen LogP contribution is -2.22. The first kappa shape index (κ1) is 6.59. The van der Waals surface area contributed by atoms with Crippen LogP contribution < -0.4 is 5.48 Å². The van der Waals surface area contributed by atoms with Crippen LogP contribution in [0.5, 0.6) is 0 Å². The van der Waals surface area contributed by atoms with Crippen molar-refractivity contribution in [2.24, 2.45) is 0 Å². The third-order valence-electron chi connectivity index (χ3n) is 1.21. The second kappa shape index (κ2) is 4.41. The van der Waals surface area contributed by atoms with Crippen molar-refractivity contribution >= 4 is 29.1 Å². The molecule has 70 valence electrons. The highest BCUT2D eigenvalue weighted by Gasteiger charge is 2.10. The standard InChI is InChI=1S/C7H6Cl2N2O2/c1-13-11-7(12)4-3-10-6(9)2-5(4)8/h2-3H,1H3,(H,11,12)/i1D3. The van der Waals surface area contributed by atoms with E-state index in [1.807, 2.05) is 0 Å². The zero-order valence-corrected chi connectivity index (χ0v) is 7.69. The van der Waals surface area contributed by atoms with Crippen molar-refractivity contribution < 1.29 is 13.7 Å². The average molecular weight is 224 g/mol. The van der Waals surface area contributed by atoms with Gasteiger partial charge in [-0.2, -0.15) is 0 Å². The van der Waals surface area contributed by atoms with Crippen LogP contribution >= 0.6 is 23.2 Å². The molecule has 4 nitrogen and oxygen atoms in total. The third-order valence-corrected chi connectivity index (χ3v) is 1.73. The lowest BCUT2D eigenvalue weighted by atomic mass is 10.3. The van der Waals surface area contributed by atoms with E-state index in [9.17, 15) is 4.79 Å². The van der Waals surface area contributed by atoms with Crippen LogP contribution in [0.15, 0.2) is 12.3 Å². The summed E-state index contributed by atoms with van der Waals surface area (Å²) in [6, 6.07) is 1.26. The Morgan fingerprint density at radius 1 is 1.77 bits per heavy atom. The Morgan fingerprint density at radius 3 is 3.15 bits per heavy atom. The van der Waals surface area contributed by atoms with E-state index in [2.05, 4.69) is 9.82 Å². The van der Waals surface area contributed by atoms with Crippen molar-refractivity contribution in [3.63, 3.8) is 0 Å². The Labute approximate surface area is 89.0 Å². The number of carbonyl (C=O) groups is 1. The fourth-order valence-corrected chi connectivity index (χ4v) is 1.13. The molecule has 0 aliphatic carbocycles. The van der Waals surface area contributed by atoms with Crippen molar-refractivity contribution in [2.75, 3.05) is 7.04 Å². The molecular formula is C7H6Cl2N2O2. The first-order valence-electron chi connectivity index (χ1n) is 4.59. The summed E-state index contributed by atoms with van der Waals surface area (Å²) in [5.74, 6) is -0.815. The van der Waals surface area contributed by atoms with Crippen molar-refractivity contribution in [1.29, 1.82) is 0 Å². The van der Waals surface area contributed by atoms with Gasteiger partial charge in [-0.25, -0.2) is 10.5 Å². The summed E-state index contributed by atoms with van der Waals surface area (Å²) in [6.07, 6.45) is 1.11. The van der Waals surface area contributed by atoms with Gasteiger partial charge in [0.2, 0.25) is 0 Å². The van der Waals surface area contributed by atoms with Gasteiger partial charge < -0.3 is 0 Å². The molecule has 1 heterocycles. The van der Waals surface area contributed by atoms with E-state index in [0.29, 0.717) is 0 Å². The van der Waals surface area contributed by atoms with Gasteiger partial charge in [-0.1, -0.05) is 23.2 Å². The molecule has 6 heteroatoms. The highest BCUT2D eigenvalue weighted by atomic mass is 35.5. The topological polar surface area (TPSA) is 51.2 Å². The Bertz CT molecular complexity index is 411. The summed E-state index contributed by atoms with van der Waals surface area (Å²) in [5, 5.41) is 0.171. The number of nitrogens with zero attached hydrogens (tertiary/aromatic N) is 1. The second-order valence-corrected chi connectivity index (χ2v) is 2.81. The lowest BCUT2D eigenvalue weighted by molar-refractivity contribution is 0.0537. The Hall–Kier alpha value is -0.840. The molecule has 0 unspecified atom stereocenters. The van der Waals surface area contributed by atoms with Crippen LogP contribution in [0.3, 0.4) is 0 Å². The van der Waals surface area contributed by atoms with E-state index < -0.39 is 12.9 Å². The minimum Gasteiger partial charge on any atom is -0.277 e. The largest absolute Gasteiger partial charge is 0.277 e. The second-order valence-electron chi connectivity index (χ2n) is 2.02. The molecule has 1 N–H and O–H groups in total. The molecule has 13 heavy (non-hydrogen) atoms. The number of pyridine rings is 1. The van der Waals surface area contributed by atoms with Crippen molar-refractivity contribution in [3.8, 4) is 0 Å². The number of nitrogens with one attached hydrogen (secondary N) is 1. The van der Waals surface area contributed by atoms with Crippen LogP contribution in [0.4, 0.5) is 0 Å². The molecule has 0 aliphatic rings. The van der Waals surface area contributed by atoms with Gasteiger partial charge in [0.1, 0.15) is 5.15 Å². The van der Waals surface area contributed by atoms with Gasteiger partial charge in [-0.05, 0) is 6.07 Å². The molecule has 1 amide bonds. The maximum atomic E-state index is 11.4. The van der Waals surface area contributed by atoms with Gasteiger partial charge in [0.05, 0.1) is 21.7 Å². The molecular weight excluding hydrogens is 215 g/mol. The number of amides is 1. The zero-order valence-electron chi connectivity index (χ0n) is 9.17. The molecule has 0 saturated heterocycles. The summed E-state index contributed by atoms with van der Waals surface area (Å²) in [4.78, 5) is 19.1. The van der Waals surface area contributed by atoms with Gasteiger partial charge in [0.25, 0.3) is 5.91 Å². The number of hydrogen-bond acceptors (Lipinski definition) is 3. The first-order valence-corrected chi connectivity index (χ1v) is 3.84. The summed E-state index contributed by atoms with van der Waals surface area (Å²) < 4.78 is 20.1. The zero-order chi connectivity index (χ0) is 12.3. The number of carbonyl (C=O) groups excluding carboxylic acids is 1. The summed E-state index contributed by atoms with van der Waals surface area (Å²) >= 11 is 11.2.